The zero-order valence-corrected chi connectivity index (χ0v) is 18.4. The van der Waals surface area contributed by atoms with Crippen molar-refractivity contribution >= 4 is 29.8 Å². The molecule has 0 aromatic carbocycles. The first-order chi connectivity index (χ1) is 14.6. The van der Waals surface area contributed by atoms with E-state index in [0.717, 1.165) is 11.8 Å². The normalized spacial score (nSPS) is 12.4. The lowest BCUT2D eigenvalue weighted by Gasteiger charge is -2.17. The molecular weight excluding hydrogens is 428 g/mol. The van der Waals surface area contributed by atoms with Crippen LogP contribution in [0.5, 0.6) is 5.75 Å². The lowest BCUT2D eigenvalue weighted by Crippen LogP contribution is -2.23. The highest BCUT2D eigenvalue weighted by Crippen LogP contribution is 2.26. The molecule has 0 fully saturated rings. The van der Waals surface area contributed by atoms with E-state index in [1.807, 2.05) is 13.8 Å². The molecule has 0 saturated carbocycles. The third-order valence-corrected chi connectivity index (χ3v) is 4.91. The van der Waals surface area contributed by atoms with Gasteiger partial charge >= 0.3 is 0 Å². The van der Waals surface area contributed by atoms with Crippen LogP contribution in [0.15, 0.2) is 45.5 Å². The van der Waals surface area contributed by atoms with Gasteiger partial charge in [0.05, 0.1) is 11.9 Å². The number of aryl methyl sites for hydroxylation is 1. The highest BCUT2D eigenvalue weighted by Gasteiger charge is 2.18. The van der Waals surface area contributed by atoms with Crippen LogP contribution in [0.25, 0.3) is 5.70 Å². The monoisotopic (exact) mass is 449 g/mol. The molecule has 6 nitrogen and oxygen atoms in total. The summed E-state index contributed by atoms with van der Waals surface area (Å²) in [5, 5.41) is -0.237. The minimum absolute atomic E-state index is 0.0251. The molecule has 0 N–H and O–H groups in total. The topological polar surface area (TPSA) is 73.5 Å². The molecule has 0 amide bonds. The number of allylic oxidation sites excluding steroid dienone is 4. The second-order valence-electron chi connectivity index (χ2n) is 6.74. The molecule has 2 rings (SSSR count). The molecule has 0 atom stereocenters. The molecule has 0 saturated heterocycles. The Morgan fingerprint density at radius 2 is 2.03 bits per heavy atom. The molecule has 0 aliphatic rings. The van der Waals surface area contributed by atoms with Gasteiger partial charge < -0.3 is 4.74 Å². The van der Waals surface area contributed by atoms with Crippen molar-refractivity contribution in [3.05, 3.63) is 74.1 Å². The van der Waals surface area contributed by atoms with E-state index in [4.69, 9.17) is 16.3 Å². The summed E-state index contributed by atoms with van der Waals surface area (Å²) < 4.78 is 33.6. The van der Waals surface area contributed by atoms with Crippen LogP contribution in [0.3, 0.4) is 0 Å². The number of aliphatic imine (C=N–C) groups is 1. The van der Waals surface area contributed by atoms with Crippen LogP contribution >= 0.6 is 11.6 Å². The summed E-state index contributed by atoms with van der Waals surface area (Å²) in [6.07, 6.45) is 2.95. The quantitative estimate of drug-likeness (QED) is 0.327. The number of halogens is 3. The fourth-order valence-electron chi connectivity index (χ4n) is 2.73. The van der Waals surface area contributed by atoms with Crippen LogP contribution < -0.4 is 10.3 Å². The van der Waals surface area contributed by atoms with Crippen molar-refractivity contribution < 1.29 is 18.3 Å². The summed E-state index contributed by atoms with van der Waals surface area (Å²) in [6, 6.07) is 2.20. The van der Waals surface area contributed by atoms with E-state index in [2.05, 4.69) is 16.7 Å². The first-order valence-electron chi connectivity index (χ1n) is 9.35. The van der Waals surface area contributed by atoms with Gasteiger partial charge in [0.25, 0.3) is 5.56 Å². The van der Waals surface area contributed by atoms with Crippen LogP contribution in [0.4, 0.5) is 8.78 Å². The zero-order chi connectivity index (χ0) is 23.3. The first-order valence-corrected chi connectivity index (χ1v) is 9.72. The first kappa shape index (κ1) is 24.1. The SMILES string of the molecule is C=N/C(=C\C(=C(/C)CC)n1c(C)cc(OCc2ncc(F)cc2F)c(Cl)c1=O)C(C)=O. The third kappa shape index (κ3) is 5.52. The van der Waals surface area contributed by atoms with E-state index in [1.54, 1.807) is 6.92 Å². The molecule has 0 unspecified atom stereocenters. The Kier molecular flexibility index (Phi) is 7.99. The summed E-state index contributed by atoms with van der Waals surface area (Å²) in [4.78, 5) is 32.2. The summed E-state index contributed by atoms with van der Waals surface area (Å²) in [7, 11) is 0. The highest BCUT2D eigenvalue weighted by atomic mass is 35.5. The van der Waals surface area contributed by atoms with Crippen LogP contribution in [0, 0.1) is 18.6 Å². The second kappa shape index (κ2) is 10.3. The number of ketones is 1. The van der Waals surface area contributed by atoms with Crippen molar-refractivity contribution in [1.82, 2.24) is 9.55 Å². The second-order valence-corrected chi connectivity index (χ2v) is 7.12. The standard InChI is InChI=1S/C22H22ClF2N3O3/c1-6-12(2)19(9-17(26-5)14(4)29)28-13(3)7-20(21(23)22(28)30)31-11-18-16(25)8-15(24)10-27-18/h7-10H,5-6,11H2,1-4H3/b17-9-,19-12-. The Hall–Kier alpha value is -3.13. The van der Waals surface area contributed by atoms with Crippen molar-refractivity contribution in [2.75, 3.05) is 0 Å². The summed E-state index contributed by atoms with van der Waals surface area (Å²) >= 11 is 6.25. The largest absolute Gasteiger partial charge is 0.485 e. The fraction of sp³-hybridized carbons (Fsp3) is 0.273. The summed E-state index contributed by atoms with van der Waals surface area (Å²) in [6.45, 7) is 9.79. The number of carbonyl (C=O) groups excluding carboxylic acids is 1. The van der Waals surface area contributed by atoms with Gasteiger partial charge in [-0.05, 0) is 38.6 Å². The van der Waals surface area contributed by atoms with Crippen molar-refractivity contribution in [2.24, 2.45) is 4.99 Å². The third-order valence-electron chi connectivity index (χ3n) is 4.56. The maximum Gasteiger partial charge on any atom is 0.277 e. The van der Waals surface area contributed by atoms with Crippen molar-refractivity contribution in [3.63, 3.8) is 0 Å². The van der Waals surface area contributed by atoms with Crippen LogP contribution in [-0.2, 0) is 11.4 Å². The molecule has 0 aliphatic heterocycles. The Morgan fingerprint density at radius 3 is 2.58 bits per heavy atom. The molecule has 2 aromatic heterocycles. The van der Waals surface area contributed by atoms with Gasteiger partial charge in [0, 0.05) is 24.8 Å². The van der Waals surface area contributed by atoms with Crippen LogP contribution in [-0.4, -0.2) is 22.1 Å². The molecule has 164 valence electrons. The Morgan fingerprint density at radius 1 is 1.35 bits per heavy atom. The molecule has 31 heavy (non-hydrogen) atoms. The number of rotatable bonds is 8. The van der Waals surface area contributed by atoms with Crippen molar-refractivity contribution in [2.45, 2.75) is 40.7 Å². The number of carbonyl (C=O) groups is 1. The van der Waals surface area contributed by atoms with E-state index in [-0.39, 0.29) is 34.6 Å². The average Bonchev–Trinajstić information content (AvgIpc) is 2.72. The van der Waals surface area contributed by atoms with E-state index >= 15 is 0 Å². The van der Waals surface area contributed by atoms with Gasteiger partial charge in [0.2, 0.25) is 0 Å². The molecule has 0 radical (unpaired) electrons. The molecule has 0 aliphatic carbocycles. The lowest BCUT2D eigenvalue weighted by atomic mass is 10.1. The average molecular weight is 450 g/mol. The van der Waals surface area contributed by atoms with Gasteiger partial charge in [-0.25, -0.2) is 8.78 Å². The number of hydrogen-bond donors (Lipinski definition) is 0. The maximum atomic E-state index is 13.8. The minimum Gasteiger partial charge on any atom is -0.485 e. The smallest absolute Gasteiger partial charge is 0.277 e. The van der Waals surface area contributed by atoms with Gasteiger partial charge in [-0.1, -0.05) is 18.5 Å². The predicted molar refractivity (Wildman–Crippen MR) is 116 cm³/mol. The molecule has 0 bridgehead atoms. The maximum absolute atomic E-state index is 13.8. The number of hydrogen-bond acceptors (Lipinski definition) is 5. The summed E-state index contributed by atoms with van der Waals surface area (Å²) in [5.74, 6) is -1.96. The Bertz CT molecular complexity index is 1150. The van der Waals surface area contributed by atoms with E-state index in [1.165, 1.54) is 23.6 Å². The Labute approximate surface area is 183 Å². The number of nitrogens with zero attached hydrogens (tertiary/aromatic N) is 3. The molecular formula is C22H22ClF2N3O3. The predicted octanol–water partition coefficient (Wildman–Crippen LogP) is 4.88. The van der Waals surface area contributed by atoms with Gasteiger partial charge in [-0.3, -0.25) is 24.1 Å². The van der Waals surface area contributed by atoms with Crippen molar-refractivity contribution in [1.29, 1.82) is 0 Å². The number of pyridine rings is 2. The van der Waals surface area contributed by atoms with E-state index in [9.17, 15) is 18.4 Å². The molecule has 2 aromatic rings. The Balaban J connectivity index is 2.54. The minimum atomic E-state index is -0.871. The fourth-order valence-corrected chi connectivity index (χ4v) is 2.92. The van der Waals surface area contributed by atoms with Gasteiger partial charge in [-0.2, -0.15) is 0 Å². The van der Waals surface area contributed by atoms with E-state index in [0.29, 0.717) is 23.9 Å². The lowest BCUT2D eigenvalue weighted by molar-refractivity contribution is -0.113. The zero-order valence-electron chi connectivity index (χ0n) is 17.6. The van der Waals surface area contributed by atoms with Crippen LogP contribution in [0.1, 0.15) is 38.6 Å². The number of Topliss-reactive ketones (excluding diaryl/α,β-unsaturated/α-hetero) is 1. The van der Waals surface area contributed by atoms with E-state index < -0.39 is 17.2 Å². The number of ether oxygens (including phenoxy) is 1. The van der Waals surface area contributed by atoms with Crippen molar-refractivity contribution in [3.8, 4) is 5.75 Å². The molecule has 2 heterocycles. The number of aromatic nitrogens is 2. The van der Waals surface area contributed by atoms with Crippen LogP contribution in [0.2, 0.25) is 5.02 Å². The van der Waals surface area contributed by atoms with Gasteiger partial charge in [0.1, 0.15) is 34.6 Å². The van der Waals surface area contributed by atoms with Gasteiger partial charge in [0.15, 0.2) is 11.6 Å². The van der Waals surface area contributed by atoms with Gasteiger partial charge in [-0.15, -0.1) is 0 Å². The molecule has 9 heteroatoms. The summed E-state index contributed by atoms with van der Waals surface area (Å²) in [5.41, 5.74) is 1.10. The highest BCUT2D eigenvalue weighted by molar-refractivity contribution is 6.31. The molecule has 0 spiro atoms.